The summed E-state index contributed by atoms with van der Waals surface area (Å²) < 4.78 is 12.7. The molecule has 0 saturated heterocycles. The maximum atomic E-state index is 12.7. The monoisotopic (exact) mass is 279 g/mol. The minimum Gasteiger partial charge on any atom is -0.385 e. The van der Waals surface area contributed by atoms with E-state index in [1.54, 1.807) is 0 Å². The Bertz CT molecular complexity index is 471. The van der Waals surface area contributed by atoms with Crippen LogP contribution in [0.3, 0.4) is 0 Å². The van der Waals surface area contributed by atoms with E-state index in [0.29, 0.717) is 5.41 Å². The van der Waals surface area contributed by atoms with E-state index in [1.165, 1.54) is 19.3 Å². The summed E-state index contributed by atoms with van der Waals surface area (Å²) in [5, 5.41) is 4.51. The van der Waals surface area contributed by atoms with Crippen molar-refractivity contribution in [1.82, 2.24) is 0 Å². The zero-order chi connectivity index (χ0) is 13.9. The summed E-state index contributed by atoms with van der Waals surface area (Å²) in [7, 11) is -2.15. The van der Waals surface area contributed by atoms with Gasteiger partial charge in [0.25, 0.3) is 0 Å². The molecule has 0 aromatic heterocycles. The molecule has 1 aliphatic carbocycles. The van der Waals surface area contributed by atoms with Crippen LogP contribution in [0, 0.1) is 5.41 Å². The molecule has 1 fully saturated rings. The Morgan fingerprint density at radius 2 is 1.95 bits per heavy atom. The molecule has 1 saturated carbocycles. The minimum atomic E-state index is -2.15. The second-order valence-corrected chi connectivity index (χ2v) is 9.62. The molecule has 0 unspecified atom stereocenters. The average Bonchev–Trinajstić information content (AvgIpc) is 3.16. The molecule has 2 nitrogen and oxygen atoms in total. The van der Waals surface area contributed by atoms with Crippen molar-refractivity contribution in [3.63, 3.8) is 0 Å². The highest BCUT2D eigenvalue weighted by Gasteiger charge is 2.36. The minimum absolute atomic E-state index is 0.590. The van der Waals surface area contributed by atoms with Crippen molar-refractivity contribution in [2.45, 2.75) is 40.0 Å². The summed E-state index contributed by atoms with van der Waals surface area (Å²) in [6.07, 6.45) is 5.48. The van der Waals surface area contributed by atoms with Crippen molar-refractivity contribution >= 4 is 18.1 Å². The van der Waals surface area contributed by atoms with Crippen LogP contribution < -0.4 is 10.6 Å². The van der Waals surface area contributed by atoms with Crippen LogP contribution in [-0.4, -0.2) is 18.9 Å². The number of hydrogen-bond donors (Lipinski definition) is 1. The number of hydrogen-bond acceptors (Lipinski definition) is 2. The van der Waals surface area contributed by atoms with Crippen LogP contribution in [-0.2, 0) is 4.57 Å². The van der Waals surface area contributed by atoms with Crippen molar-refractivity contribution in [1.29, 1.82) is 0 Å². The molecule has 0 bridgehead atoms. The first-order valence-electron chi connectivity index (χ1n) is 7.44. The molecule has 1 aromatic carbocycles. The summed E-state index contributed by atoms with van der Waals surface area (Å²) in [6, 6.07) is 8.20. The van der Waals surface area contributed by atoms with Gasteiger partial charge in [-0.15, -0.1) is 0 Å². The third kappa shape index (κ3) is 3.63. The van der Waals surface area contributed by atoms with Crippen LogP contribution in [0.15, 0.2) is 24.3 Å². The first kappa shape index (κ1) is 14.7. The van der Waals surface area contributed by atoms with E-state index < -0.39 is 7.14 Å². The van der Waals surface area contributed by atoms with Crippen molar-refractivity contribution in [2.24, 2.45) is 5.41 Å². The molecule has 3 heteroatoms. The standard InChI is InChI=1S/C16H26NOP/c1-4-19(18,5-2)15-8-6-7-14(13-15)17-12-11-16(3)9-10-16/h6-8,13,17H,4-5,9-12H2,1-3H3. The fraction of sp³-hybridized carbons (Fsp3) is 0.625. The van der Waals surface area contributed by atoms with Gasteiger partial charge in [-0.2, -0.15) is 0 Å². The highest BCUT2D eigenvalue weighted by Crippen LogP contribution is 2.48. The number of nitrogens with one attached hydrogen (secondary N) is 1. The highest BCUT2D eigenvalue weighted by atomic mass is 31.2. The smallest absolute Gasteiger partial charge is 0.115 e. The molecule has 0 aliphatic heterocycles. The predicted molar refractivity (Wildman–Crippen MR) is 85.2 cm³/mol. The summed E-state index contributed by atoms with van der Waals surface area (Å²) in [6.45, 7) is 7.42. The Labute approximate surface area is 117 Å². The fourth-order valence-corrected chi connectivity index (χ4v) is 4.34. The molecule has 106 valence electrons. The number of anilines is 1. The first-order valence-corrected chi connectivity index (χ1v) is 9.52. The van der Waals surface area contributed by atoms with Crippen LogP contribution in [0.5, 0.6) is 0 Å². The fourth-order valence-electron chi connectivity index (χ4n) is 2.43. The van der Waals surface area contributed by atoms with Gasteiger partial charge in [-0.05, 0) is 36.8 Å². The van der Waals surface area contributed by atoms with Crippen molar-refractivity contribution in [3.8, 4) is 0 Å². The third-order valence-corrected chi connectivity index (χ3v) is 7.76. The largest absolute Gasteiger partial charge is 0.385 e. The van der Waals surface area contributed by atoms with Gasteiger partial charge in [0.15, 0.2) is 0 Å². The van der Waals surface area contributed by atoms with E-state index >= 15 is 0 Å². The molecule has 0 spiro atoms. The SMILES string of the molecule is CCP(=O)(CC)c1cccc(NCCC2(C)CC2)c1. The molecule has 0 radical (unpaired) electrons. The maximum absolute atomic E-state index is 12.7. The van der Waals surface area contributed by atoms with Gasteiger partial charge in [0.05, 0.1) is 0 Å². The molecular formula is C16H26NOP. The lowest BCUT2D eigenvalue weighted by Crippen LogP contribution is -2.12. The van der Waals surface area contributed by atoms with Crippen molar-refractivity contribution < 1.29 is 4.57 Å². The second-order valence-electron chi connectivity index (χ2n) is 6.06. The van der Waals surface area contributed by atoms with Crippen LogP contribution in [0.4, 0.5) is 5.69 Å². The highest BCUT2D eigenvalue weighted by molar-refractivity contribution is 7.71. The van der Waals surface area contributed by atoms with Crippen LogP contribution in [0.2, 0.25) is 0 Å². The Kier molecular flexibility index (Phi) is 4.40. The third-order valence-electron chi connectivity index (χ3n) is 4.50. The van der Waals surface area contributed by atoms with E-state index in [-0.39, 0.29) is 0 Å². The van der Waals surface area contributed by atoms with E-state index in [2.05, 4.69) is 24.4 Å². The molecular weight excluding hydrogens is 253 g/mol. The average molecular weight is 279 g/mol. The second kappa shape index (κ2) is 5.71. The Morgan fingerprint density at radius 3 is 2.53 bits per heavy atom. The summed E-state index contributed by atoms with van der Waals surface area (Å²) in [4.78, 5) is 0. The zero-order valence-corrected chi connectivity index (χ0v) is 13.3. The molecule has 1 aliphatic rings. The summed E-state index contributed by atoms with van der Waals surface area (Å²) >= 11 is 0. The molecule has 19 heavy (non-hydrogen) atoms. The van der Waals surface area contributed by atoms with E-state index in [1.807, 2.05) is 26.0 Å². The normalized spacial score (nSPS) is 17.2. The van der Waals surface area contributed by atoms with Gasteiger partial charge in [0.2, 0.25) is 0 Å². The molecule has 0 heterocycles. The van der Waals surface area contributed by atoms with Gasteiger partial charge in [0.1, 0.15) is 7.14 Å². The topological polar surface area (TPSA) is 29.1 Å². The van der Waals surface area contributed by atoms with Gasteiger partial charge in [-0.3, -0.25) is 0 Å². The van der Waals surface area contributed by atoms with Gasteiger partial charge in [0, 0.05) is 29.9 Å². The maximum Gasteiger partial charge on any atom is 0.115 e. The van der Waals surface area contributed by atoms with Gasteiger partial charge in [-0.1, -0.05) is 32.9 Å². The van der Waals surface area contributed by atoms with E-state index in [0.717, 1.165) is 29.9 Å². The molecule has 1 N–H and O–H groups in total. The molecule has 0 atom stereocenters. The van der Waals surface area contributed by atoms with E-state index in [9.17, 15) is 4.57 Å². The van der Waals surface area contributed by atoms with E-state index in [4.69, 9.17) is 0 Å². The Hall–Kier alpha value is -0.750. The van der Waals surface area contributed by atoms with Crippen molar-refractivity contribution in [2.75, 3.05) is 24.2 Å². The van der Waals surface area contributed by atoms with Crippen LogP contribution in [0.1, 0.15) is 40.0 Å². The number of benzene rings is 1. The van der Waals surface area contributed by atoms with Gasteiger partial charge in [-0.25, -0.2) is 0 Å². The first-order chi connectivity index (χ1) is 9.01. The predicted octanol–water partition coefficient (Wildman–Crippen LogP) is 4.32. The lowest BCUT2D eigenvalue weighted by molar-refractivity contribution is 0.536. The Morgan fingerprint density at radius 1 is 1.26 bits per heavy atom. The molecule has 0 amide bonds. The summed E-state index contributed by atoms with van der Waals surface area (Å²) in [5.74, 6) is 0. The summed E-state index contributed by atoms with van der Waals surface area (Å²) in [5.41, 5.74) is 1.70. The molecule has 2 rings (SSSR count). The lowest BCUT2D eigenvalue weighted by Gasteiger charge is -2.16. The zero-order valence-electron chi connectivity index (χ0n) is 12.4. The lowest BCUT2D eigenvalue weighted by atomic mass is 10.1. The molecule has 1 aromatic rings. The number of rotatable bonds is 7. The Balaban J connectivity index is 2.00. The van der Waals surface area contributed by atoms with Crippen LogP contribution >= 0.6 is 7.14 Å². The van der Waals surface area contributed by atoms with Crippen LogP contribution in [0.25, 0.3) is 0 Å². The van der Waals surface area contributed by atoms with Gasteiger partial charge >= 0.3 is 0 Å². The quantitative estimate of drug-likeness (QED) is 0.753. The van der Waals surface area contributed by atoms with Crippen molar-refractivity contribution in [3.05, 3.63) is 24.3 Å². The van der Waals surface area contributed by atoms with Gasteiger partial charge < -0.3 is 9.88 Å².